The van der Waals surface area contributed by atoms with E-state index in [1.807, 2.05) is 12.4 Å². The van der Waals surface area contributed by atoms with Gasteiger partial charge in [-0.3, -0.25) is 4.98 Å². The van der Waals surface area contributed by atoms with Crippen LogP contribution in [0.5, 0.6) is 0 Å². The van der Waals surface area contributed by atoms with Crippen molar-refractivity contribution in [2.24, 2.45) is 23.7 Å². The molecule has 10 aromatic rings. The predicted octanol–water partition coefficient (Wildman–Crippen LogP) is 13.8. The van der Waals surface area contributed by atoms with E-state index in [4.69, 9.17) is 0 Å². The molecule has 0 radical (unpaired) electrons. The van der Waals surface area contributed by atoms with E-state index in [-0.39, 0.29) is 5.41 Å². The van der Waals surface area contributed by atoms with E-state index in [0.717, 1.165) is 34.7 Å². The molecule has 5 aliphatic rings. The van der Waals surface area contributed by atoms with Crippen LogP contribution in [0.25, 0.3) is 88.0 Å². The van der Waals surface area contributed by atoms with Crippen LogP contribution in [0.3, 0.4) is 0 Å². The van der Waals surface area contributed by atoms with Gasteiger partial charge in [0.05, 0.1) is 22.1 Å². The SMILES string of the molecule is c1ccc2c(c1)-c1ccc(-n3c4ccccc4c4cc(-c5ccc6c(c5)c5ccccc5n6-c5ccc6cnccc6c5)ccc43)cc1C21C2CC3CC(C2)CC1C3. The van der Waals surface area contributed by atoms with E-state index in [1.54, 1.807) is 11.1 Å². The summed E-state index contributed by atoms with van der Waals surface area (Å²) in [5.41, 5.74) is 16.2. The summed E-state index contributed by atoms with van der Waals surface area (Å²) in [6.07, 6.45) is 10.9. The zero-order chi connectivity index (χ0) is 37.7. The molecule has 15 rings (SSSR count). The van der Waals surface area contributed by atoms with Gasteiger partial charge in [-0.2, -0.15) is 0 Å². The Hall–Kier alpha value is -6.45. The second-order valence-corrected chi connectivity index (χ2v) is 18.0. The molecule has 0 amide bonds. The van der Waals surface area contributed by atoms with E-state index < -0.39 is 0 Å². The Bertz CT molecular complexity index is 3350. The summed E-state index contributed by atoms with van der Waals surface area (Å²) in [4.78, 5) is 4.34. The number of benzene rings is 7. The fraction of sp³-hybridized carbons (Fsp3) is 0.182. The van der Waals surface area contributed by atoms with Gasteiger partial charge in [0.2, 0.25) is 0 Å². The van der Waals surface area contributed by atoms with Crippen LogP contribution < -0.4 is 0 Å². The molecule has 3 heteroatoms. The van der Waals surface area contributed by atoms with Crippen molar-refractivity contribution in [3.8, 4) is 33.6 Å². The standard InChI is InChI=1S/C55H41N3/c1-4-10-49-43(7-1)44-18-17-42(31-50(44)55(49)39-24-33-23-34(26-39)27-40(55)25-33)58-52-12-6-3-9-46(52)48-30-36(15-20-54(48)58)35-14-19-53-47(29-35)45-8-2-5-11-51(45)57(53)41-16-13-38-32-56-22-21-37(38)28-41/h1-22,28-34,39-40H,23-27H2. The molecular weight excluding hydrogens is 703 g/mol. The second kappa shape index (κ2) is 11.4. The van der Waals surface area contributed by atoms with Crippen LogP contribution in [0.15, 0.2) is 164 Å². The second-order valence-electron chi connectivity index (χ2n) is 18.0. The van der Waals surface area contributed by atoms with E-state index >= 15 is 0 Å². The lowest BCUT2D eigenvalue weighted by Gasteiger charge is -2.61. The number of aromatic nitrogens is 3. The first-order valence-electron chi connectivity index (χ1n) is 21.4. The lowest BCUT2D eigenvalue weighted by molar-refractivity contribution is -0.0399. The average Bonchev–Trinajstić information content (AvgIpc) is 3.89. The van der Waals surface area contributed by atoms with Crippen molar-refractivity contribution in [1.82, 2.24) is 14.1 Å². The molecule has 0 unspecified atom stereocenters. The highest BCUT2D eigenvalue weighted by molar-refractivity contribution is 6.13. The minimum absolute atomic E-state index is 0.148. The number of hydrogen-bond donors (Lipinski definition) is 0. The highest BCUT2D eigenvalue weighted by Gasteiger charge is 2.61. The maximum absolute atomic E-state index is 4.34. The number of nitrogens with zero attached hydrogens (tertiary/aromatic N) is 3. The van der Waals surface area contributed by atoms with Crippen molar-refractivity contribution in [2.45, 2.75) is 37.5 Å². The number of fused-ring (bicyclic) bond motifs is 10. The van der Waals surface area contributed by atoms with Crippen LogP contribution in [0, 0.1) is 23.7 Å². The summed E-state index contributed by atoms with van der Waals surface area (Å²) < 4.78 is 4.96. The van der Waals surface area contributed by atoms with Gasteiger partial charge in [0, 0.05) is 56.1 Å². The van der Waals surface area contributed by atoms with Gasteiger partial charge in [0.1, 0.15) is 0 Å². The third-order valence-electron chi connectivity index (χ3n) is 15.4. The zero-order valence-corrected chi connectivity index (χ0v) is 32.3. The monoisotopic (exact) mass is 743 g/mol. The smallest absolute Gasteiger partial charge is 0.0541 e. The summed E-state index contributed by atoms with van der Waals surface area (Å²) in [7, 11) is 0. The minimum Gasteiger partial charge on any atom is -0.309 e. The molecule has 3 aromatic heterocycles. The predicted molar refractivity (Wildman–Crippen MR) is 239 cm³/mol. The molecule has 1 spiro atoms. The fourth-order valence-corrected chi connectivity index (χ4v) is 13.4. The van der Waals surface area contributed by atoms with Gasteiger partial charge in [-0.05, 0) is 161 Å². The lowest BCUT2D eigenvalue weighted by atomic mass is 9.43. The van der Waals surface area contributed by atoms with E-state index in [0.29, 0.717) is 0 Å². The molecule has 0 saturated heterocycles. The normalized spacial score (nSPS) is 22.9. The number of para-hydroxylation sites is 2. The lowest BCUT2D eigenvalue weighted by Crippen LogP contribution is -2.55. The molecule has 4 fully saturated rings. The first-order valence-corrected chi connectivity index (χ1v) is 21.4. The van der Waals surface area contributed by atoms with Crippen molar-refractivity contribution >= 4 is 54.4 Å². The van der Waals surface area contributed by atoms with Crippen molar-refractivity contribution in [3.05, 3.63) is 175 Å². The maximum Gasteiger partial charge on any atom is 0.0541 e. The average molecular weight is 744 g/mol. The number of hydrogen-bond acceptors (Lipinski definition) is 1. The van der Waals surface area contributed by atoms with Crippen LogP contribution in [-0.2, 0) is 5.41 Å². The minimum atomic E-state index is 0.148. The van der Waals surface area contributed by atoms with Gasteiger partial charge >= 0.3 is 0 Å². The Morgan fingerprint density at radius 2 is 1.00 bits per heavy atom. The van der Waals surface area contributed by atoms with E-state index in [9.17, 15) is 0 Å². The molecule has 0 aliphatic heterocycles. The van der Waals surface area contributed by atoms with Gasteiger partial charge in [-0.25, -0.2) is 0 Å². The molecule has 7 aromatic carbocycles. The Labute approximate surface area is 337 Å². The van der Waals surface area contributed by atoms with E-state index in [1.165, 1.54) is 109 Å². The van der Waals surface area contributed by atoms with Crippen molar-refractivity contribution in [3.63, 3.8) is 0 Å². The number of rotatable bonds is 3. The Morgan fingerprint density at radius 1 is 0.431 bits per heavy atom. The van der Waals surface area contributed by atoms with Crippen LogP contribution in [0.1, 0.15) is 43.2 Å². The topological polar surface area (TPSA) is 22.8 Å². The van der Waals surface area contributed by atoms with Crippen LogP contribution in [0.2, 0.25) is 0 Å². The highest BCUT2D eigenvalue weighted by atomic mass is 15.0. The molecule has 0 atom stereocenters. The van der Waals surface area contributed by atoms with Gasteiger partial charge in [0.25, 0.3) is 0 Å². The third kappa shape index (κ3) is 4.06. The van der Waals surface area contributed by atoms with Gasteiger partial charge in [0.15, 0.2) is 0 Å². The molecular formula is C55H41N3. The Morgan fingerprint density at radius 3 is 1.69 bits per heavy atom. The summed E-state index contributed by atoms with van der Waals surface area (Å²) in [6.45, 7) is 0. The van der Waals surface area contributed by atoms with Crippen molar-refractivity contribution < 1.29 is 0 Å². The molecule has 4 saturated carbocycles. The molecule has 3 heterocycles. The third-order valence-corrected chi connectivity index (χ3v) is 15.4. The first kappa shape index (κ1) is 31.6. The van der Waals surface area contributed by atoms with Crippen molar-refractivity contribution in [2.75, 3.05) is 0 Å². The fourth-order valence-electron chi connectivity index (χ4n) is 13.4. The Balaban J connectivity index is 0.929. The number of pyridine rings is 1. The van der Waals surface area contributed by atoms with Gasteiger partial charge < -0.3 is 9.13 Å². The largest absolute Gasteiger partial charge is 0.309 e. The van der Waals surface area contributed by atoms with E-state index in [2.05, 4.69) is 166 Å². The maximum atomic E-state index is 4.34. The molecule has 4 bridgehead atoms. The first-order chi connectivity index (χ1) is 28.7. The van der Waals surface area contributed by atoms with Gasteiger partial charge in [-0.15, -0.1) is 0 Å². The highest BCUT2D eigenvalue weighted by Crippen LogP contribution is 2.69. The summed E-state index contributed by atoms with van der Waals surface area (Å²) in [5, 5.41) is 7.48. The summed E-state index contributed by atoms with van der Waals surface area (Å²) in [5.74, 6) is 3.36. The molecule has 58 heavy (non-hydrogen) atoms. The van der Waals surface area contributed by atoms with Crippen molar-refractivity contribution in [1.29, 1.82) is 0 Å². The molecule has 3 nitrogen and oxygen atoms in total. The zero-order valence-electron chi connectivity index (χ0n) is 32.3. The van der Waals surface area contributed by atoms with Crippen LogP contribution >= 0.6 is 0 Å². The Kier molecular flexibility index (Phi) is 6.19. The summed E-state index contributed by atoms with van der Waals surface area (Å²) in [6, 6.07) is 57.8. The quantitative estimate of drug-likeness (QED) is 0.177. The van der Waals surface area contributed by atoms with Gasteiger partial charge in [-0.1, -0.05) is 84.9 Å². The molecule has 0 N–H and O–H groups in total. The molecule has 276 valence electrons. The van der Waals surface area contributed by atoms with Crippen LogP contribution in [-0.4, -0.2) is 14.1 Å². The van der Waals surface area contributed by atoms with Crippen LogP contribution in [0.4, 0.5) is 0 Å². The summed E-state index contributed by atoms with van der Waals surface area (Å²) >= 11 is 0. The molecule has 5 aliphatic carbocycles.